The first kappa shape index (κ1) is 17.2. The number of nitrogens with two attached hydrogens (primary N) is 1. The van der Waals surface area contributed by atoms with E-state index in [1.54, 1.807) is 57.7 Å². The Morgan fingerprint density at radius 2 is 1.75 bits per heavy atom. The van der Waals surface area contributed by atoms with Crippen molar-refractivity contribution in [2.75, 3.05) is 32.4 Å². The van der Waals surface area contributed by atoms with Gasteiger partial charge in [-0.15, -0.1) is 0 Å². The summed E-state index contributed by atoms with van der Waals surface area (Å²) in [7, 11) is 4.68. The number of amides is 1. The fourth-order valence-electron chi connectivity index (χ4n) is 2.08. The molecule has 0 bridgehead atoms. The van der Waals surface area contributed by atoms with Gasteiger partial charge >= 0.3 is 0 Å². The van der Waals surface area contributed by atoms with Crippen LogP contribution in [0.2, 0.25) is 0 Å². The Labute approximate surface area is 140 Å². The molecule has 0 aliphatic heterocycles. The summed E-state index contributed by atoms with van der Waals surface area (Å²) in [5, 5.41) is 2.72. The van der Waals surface area contributed by atoms with Crippen molar-refractivity contribution < 1.29 is 19.0 Å². The summed E-state index contributed by atoms with van der Waals surface area (Å²) in [6.07, 6.45) is 3.10. The van der Waals surface area contributed by atoms with Crippen LogP contribution in [0.15, 0.2) is 42.5 Å². The molecule has 0 fully saturated rings. The number of hydrogen-bond donors (Lipinski definition) is 2. The maximum absolute atomic E-state index is 12.0. The van der Waals surface area contributed by atoms with Crippen LogP contribution in [0, 0.1) is 0 Å². The van der Waals surface area contributed by atoms with E-state index in [-0.39, 0.29) is 5.91 Å². The van der Waals surface area contributed by atoms with Gasteiger partial charge < -0.3 is 25.3 Å². The number of nitrogen functional groups attached to an aromatic ring is 1. The van der Waals surface area contributed by atoms with E-state index in [0.717, 1.165) is 5.56 Å². The number of carbonyl (C=O) groups excluding carboxylic acids is 1. The van der Waals surface area contributed by atoms with Crippen molar-refractivity contribution in [2.45, 2.75) is 0 Å². The molecule has 0 aromatic heterocycles. The van der Waals surface area contributed by atoms with E-state index in [1.807, 2.05) is 6.07 Å². The van der Waals surface area contributed by atoms with Crippen molar-refractivity contribution in [3.63, 3.8) is 0 Å². The number of rotatable bonds is 6. The van der Waals surface area contributed by atoms with Gasteiger partial charge in [-0.1, -0.05) is 6.07 Å². The van der Waals surface area contributed by atoms with Crippen LogP contribution < -0.4 is 25.3 Å². The van der Waals surface area contributed by atoms with Crippen LogP contribution in [0.4, 0.5) is 11.4 Å². The van der Waals surface area contributed by atoms with E-state index in [9.17, 15) is 4.79 Å². The molecule has 126 valence electrons. The molecule has 2 aromatic carbocycles. The van der Waals surface area contributed by atoms with Crippen LogP contribution in [0.1, 0.15) is 5.56 Å². The van der Waals surface area contributed by atoms with Crippen LogP contribution >= 0.6 is 0 Å². The zero-order valence-corrected chi connectivity index (χ0v) is 13.8. The van der Waals surface area contributed by atoms with Crippen molar-refractivity contribution in [3.8, 4) is 17.2 Å². The first-order valence-corrected chi connectivity index (χ1v) is 7.22. The highest BCUT2D eigenvalue weighted by Gasteiger charge is 2.05. The van der Waals surface area contributed by atoms with Crippen molar-refractivity contribution in [1.29, 1.82) is 0 Å². The summed E-state index contributed by atoms with van der Waals surface area (Å²) in [5.41, 5.74) is 7.64. The molecular formula is C18H20N2O4. The molecule has 2 aromatic rings. The number of carbonyl (C=O) groups is 1. The molecule has 0 heterocycles. The minimum absolute atomic E-state index is 0.290. The van der Waals surface area contributed by atoms with Crippen LogP contribution in [0.5, 0.6) is 17.2 Å². The highest BCUT2D eigenvalue weighted by molar-refractivity contribution is 6.03. The first-order chi connectivity index (χ1) is 11.6. The third-order valence-corrected chi connectivity index (χ3v) is 3.35. The number of hydrogen-bond acceptors (Lipinski definition) is 5. The maximum atomic E-state index is 12.0. The molecule has 3 N–H and O–H groups in total. The second kappa shape index (κ2) is 7.92. The summed E-state index contributed by atoms with van der Waals surface area (Å²) >= 11 is 0. The molecule has 0 atom stereocenters. The minimum atomic E-state index is -0.290. The topological polar surface area (TPSA) is 82.8 Å². The van der Waals surface area contributed by atoms with Gasteiger partial charge in [0.15, 0.2) is 11.5 Å². The van der Waals surface area contributed by atoms with E-state index in [1.165, 1.54) is 6.08 Å². The molecule has 6 nitrogen and oxygen atoms in total. The number of methoxy groups -OCH3 is 3. The number of ether oxygens (including phenoxy) is 3. The normalized spacial score (nSPS) is 10.5. The Kier molecular flexibility index (Phi) is 5.68. The fourth-order valence-corrected chi connectivity index (χ4v) is 2.08. The van der Waals surface area contributed by atoms with Crippen molar-refractivity contribution in [3.05, 3.63) is 48.0 Å². The monoisotopic (exact) mass is 328 g/mol. The van der Waals surface area contributed by atoms with Gasteiger partial charge in [-0.3, -0.25) is 4.79 Å². The molecule has 0 unspecified atom stereocenters. The van der Waals surface area contributed by atoms with Crippen LogP contribution in [-0.4, -0.2) is 27.2 Å². The van der Waals surface area contributed by atoms with Gasteiger partial charge in [0.1, 0.15) is 5.75 Å². The Morgan fingerprint density at radius 3 is 2.38 bits per heavy atom. The Balaban J connectivity index is 2.08. The van der Waals surface area contributed by atoms with Crippen molar-refractivity contribution in [1.82, 2.24) is 0 Å². The summed E-state index contributed by atoms with van der Waals surface area (Å²) in [5.74, 6) is 1.57. The lowest BCUT2D eigenvalue weighted by Crippen LogP contribution is -2.09. The quantitative estimate of drug-likeness (QED) is 0.629. The Bertz CT molecular complexity index is 757. The largest absolute Gasteiger partial charge is 0.497 e. The van der Waals surface area contributed by atoms with E-state index in [2.05, 4.69) is 5.32 Å². The standard InChI is InChI=1S/C18H20N2O4/c1-22-13-6-7-15(14(19)11-13)20-18(21)9-5-12-4-8-16(23-2)17(10-12)24-3/h4-11H,19H2,1-3H3,(H,20,21)/b9-5+. The van der Waals surface area contributed by atoms with Crippen LogP contribution in [0.3, 0.4) is 0 Å². The smallest absolute Gasteiger partial charge is 0.248 e. The highest BCUT2D eigenvalue weighted by atomic mass is 16.5. The summed E-state index contributed by atoms with van der Waals surface area (Å²) in [4.78, 5) is 12.0. The number of benzene rings is 2. The molecule has 0 aliphatic rings. The summed E-state index contributed by atoms with van der Waals surface area (Å²) < 4.78 is 15.5. The predicted octanol–water partition coefficient (Wildman–Crippen LogP) is 2.95. The molecule has 1 amide bonds. The molecule has 0 spiro atoms. The van der Waals surface area contributed by atoms with Crippen LogP contribution in [0.25, 0.3) is 6.08 Å². The van der Waals surface area contributed by atoms with Gasteiger partial charge in [0.25, 0.3) is 0 Å². The van der Waals surface area contributed by atoms with Crippen LogP contribution in [-0.2, 0) is 4.79 Å². The molecule has 2 rings (SSSR count). The maximum Gasteiger partial charge on any atom is 0.248 e. The molecule has 24 heavy (non-hydrogen) atoms. The van der Waals surface area contributed by atoms with E-state index in [0.29, 0.717) is 28.6 Å². The molecule has 0 aliphatic carbocycles. The second-order valence-corrected chi connectivity index (χ2v) is 4.89. The third-order valence-electron chi connectivity index (χ3n) is 3.35. The van der Waals surface area contributed by atoms with Gasteiger partial charge in [-0.2, -0.15) is 0 Å². The number of anilines is 2. The highest BCUT2D eigenvalue weighted by Crippen LogP contribution is 2.28. The van der Waals surface area contributed by atoms with Crippen molar-refractivity contribution in [2.24, 2.45) is 0 Å². The van der Waals surface area contributed by atoms with E-state index < -0.39 is 0 Å². The minimum Gasteiger partial charge on any atom is -0.497 e. The second-order valence-electron chi connectivity index (χ2n) is 4.89. The van der Waals surface area contributed by atoms with Gasteiger partial charge in [0, 0.05) is 12.1 Å². The zero-order valence-electron chi connectivity index (χ0n) is 13.8. The lowest BCUT2D eigenvalue weighted by Gasteiger charge is -2.08. The zero-order chi connectivity index (χ0) is 17.5. The first-order valence-electron chi connectivity index (χ1n) is 7.22. The molecule has 6 heteroatoms. The van der Waals surface area contributed by atoms with Gasteiger partial charge in [0.2, 0.25) is 5.91 Å². The summed E-state index contributed by atoms with van der Waals surface area (Å²) in [6.45, 7) is 0. The molecular weight excluding hydrogens is 308 g/mol. The molecule has 0 radical (unpaired) electrons. The van der Waals surface area contributed by atoms with Gasteiger partial charge in [-0.25, -0.2) is 0 Å². The average molecular weight is 328 g/mol. The molecule has 0 saturated carbocycles. The van der Waals surface area contributed by atoms with Crippen molar-refractivity contribution >= 4 is 23.4 Å². The van der Waals surface area contributed by atoms with Gasteiger partial charge in [0.05, 0.1) is 32.7 Å². The predicted molar refractivity (Wildman–Crippen MR) is 94.6 cm³/mol. The summed E-state index contributed by atoms with van der Waals surface area (Å²) in [6, 6.07) is 10.4. The Hall–Kier alpha value is -3.15. The SMILES string of the molecule is COc1ccc(NC(=O)/C=C/c2ccc(OC)c(OC)c2)c(N)c1. The Morgan fingerprint density at radius 1 is 1.00 bits per heavy atom. The lowest BCUT2D eigenvalue weighted by molar-refractivity contribution is -0.111. The lowest BCUT2D eigenvalue weighted by atomic mass is 10.2. The van der Waals surface area contributed by atoms with Gasteiger partial charge in [-0.05, 0) is 35.9 Å². The molecule has 0 saturated heterocycles. The average Bonchev–Trinajstić information content (AvgIpc) is 2.61. The number of nitrogens with one attached hydrogen (secondary N) is 1. The van der Waals surface area contributed by atoms with E-state index in [4.69, 9.17) is 19.9 Å². The third kappa shape index (κ3) is 4.19. The van der Waals surface area contributed by atoms with E-state index >= 15 is 0 Å². The fraction of sp³-hybridized carbons (Fsp3) is 0.167.